The molecule has 2 aromatic rings. The van der Waals surface area contributed by atoms with E-state index in [2.05, 4.69) is 19.1 Å². The highest BCUT2D eigenvalue weighted by Gasteiger charge is 2.14. The lowest BCUT2D eigenvalue weighted by Gasteiger charge is -2.20. The molecule has 2 rings (SSSR count). The zero-order chi connectivity index (χ0) is 14.7. The van der Waals surface area contributed by atoms with E-state index in [4.69, 9.17) is 22.1 Å². The maximum atomic E-state index is 6.18. The van der Waals surface area contributed by atoms with E-state index in [1.54, 1.807) is 0 Å². The molecular formula is C17H20ClNO. The van der Waals surface area contributed by atoms with Gasteiger partial charge in [0.05, 0.1) is 0 Å². The molecule has 2 aromatic carbocycles. The molecule has 20 heavy (non-hydrogen) atoms. The van der Waals surface area contributed by atoms with Crippen LogP contribution in [0.2, 0.25) is 5.02 Å². The van der Waals surface area contributed by atoms with E-state index in [9.17, 15) is 0 Å². The summed E-state index contributed by atoms with van der Waals surface area (Å²) in [5.41, 5.74) is 10.2. The second-order valence-electron chi connectivity index (χ2n) is 5.07. The van der Waals surface area contributed by atoms with Crippen LogP contribution < -0.4 is 10.5 Å². The van der Waals surface area contributed by atoms with Gasteiger partial charge in [0.1, 0.15) is 11.9 Å². The van der Waals surface area contributed by atoms with Gasteiger partial charge in [-0.2, -0.15) is 0 Å². The molecule has 0 aliphatic carbocycles. The molecule has 1 atom stereocenters. The second kappa shape index (κ2) is 6.29. The van der Waals surface area contributed by atoms with Gasteiger partial charge in [-0.05, 0) is 55.2 Å². The molecule has 0 heterocycles. The van der Waals surface area contributed by atoms with Crippen molar-refractivity contribution in [3.63, 3.8) is 0 Å². The Kier molecular flexibility index (Phi) is 4.69. The summed E-state index contributed by atoms with van der Waals surface area (Å²) >= 11 is 6.18. The van der Waals surface area contributed by atoms with Gasteiger partial charge in [0, 0.05) is 11.6 Å². The minimum absolute atomic E-state index is 0.142. The lowest BCUT2D eigenvalue weighted by Crippen LogP contribution is -2.19. The Bertz CT molecular complexity index is 587. The fourth-order valence-corrected chi connectivity index (χ4v) is 2.43. The quantitative estimate of drug-likeness (QED) is 0.908. The van der Waals surface area contributed by atoms with Crippen LogP contribution in [0.3, 0.4) is 0 Å². The topological polar surface area (TPSA) is 35.2 Å². The van der Waals surface area contributed by atoms with Crippen LogP contribution >= 0.6 is 11.6 Å². The molecule has 0 aliphatic rings. The molecule has 106 valence electrons. The Balaban J connectivity index is 2.30. The van der Waals surface area contributed by atoms with Crippen molar-refractivity contribution in [1.82, 2.24) is 0 Å². The molecule has 0 fully saturated rings. The summed E-state index contributed by atoms with van der Waals surface area (Å²) in [6, 6.07) is 12.1. The van der Waals surface area contributed by atoms with Gasteiger partial charge >= 0.3 is 0 Å². The van der Waals surface area contributed by atoms with E-state index in [-0.39, 0.29) is 6.10 Å². The molecule has 0 aromatic heterocycles. The minimum atomic E-state index is -0.142. The van der Waals surface area contributed by atoms with Crippen LogP contribution in [0.1, 0.15) is 28.4 Å². The number of hydrogen-bond acceptors (Lipinski definition) is 2. The smallest absolute Gasteiger partial charge is 0.136 e. The van der Waals surface area contributed by atoms with Crippen molar-refractivity contribution in [2.24, 2.45) is 5.73 Å². The third-order valence-electron chi connectivity index (χ3n) is 3.44. The van der Waals surface area contributed by atoms with Gasteiger partial charge in [-0.1, -0.05) is 35.9 Å². The lowest BCUT2D eigenvalue weighted by molar-refractivity contribution is 0.213. The Morgan fingerprint density at radius 3 is 2.20 bits per heavy atom. The zero-order valence-electron chi connectivity index (χ0n) is 12.1. The average Bonchev–Trinajstić information content (AvgIpc) is 2.43. The monoisotopic (exact) mass is 289 g/mol. The van der Waals surface area contributed by atoms with E-state index in [0.29, 0.717) is 6.54 Å². The van der Waals surface area contributed by atoms with Crippen LogP contribution in [0.15, 0.2) is 36.4 Å². The second-order valence-corrected chi connectivity index (χ2v) is 5.45. The predicted molar refractivity (Wildman–Crippen MR) is 84.5 cm³/mol. The predicted octanol–water partition coefficient (Wildman–Crippen LogP) is 4.34. The average molecular weight is 290 g/mol. The zero-order valence-corrected chi connectivity index (χ0v) is 12.9. The SMILES string of the molecule is Cc1ccccc1C(CN)Oc1cc(C)c(Cl)c(C)c1. The Labute approximate surface area is 125 Å². The van der Waals surface area contributed by atoms with Gasteiger partial charge in [-0.15, -0.1) is 0 Å². The first-order valence-electron chi connectivity index (χ1n) is 6.72. The number of benzene rings is 2. The molecule has 0 amide bonds. The summed E-state index contributed by atoms with van der Waals surface area (Å²) in [5.74, 6) is 0.808. The third-order valence-corrected chi connectivity index (χ3v) is 4.03. The van der Waals surface area contributed by atoms with Crippen LogP contribution in [0.4, 0.5) is 0 Å². The third kappa shape index (κ3) is 3.14. The van der Waals surface area contributed by atoms with E-state index in [1.807, 2.05) is 38.1 Å². The summed E-state index contributed by atoms with van der Waals surface area (Å²) in [6.45, 7) is 6.46. The molecule has 0 radical (unpaired) electrons. The molecule has 3 heteroatoms. The van der Waals surface area contributed by atoms with Crippen molar-refractivity contribution in [3.05, 3.63) is 63.7 Å². The van der Waals surface area contributed by atoms with Gasteiger partial charge in [-0.3, -0.25) is 0 Å². The van der Waals surface area contributed by atoms with Crippen molar-refractivity contribution in [1.29, 1.82) is 0 Å². The molecule has 1 unspecified atom stereocenters. The van der Waals surface area contributed by atoms with Crippen molar-refractivity contribution in [3.8, 4) is 5.75 Å². The first-order chi connectivity index (χ1) is 9.52. The molecule has 0 saturated heterocycles. The highest BCUT2D eigenvalue weighted by Crippen LogP contribution is 2.29. The summed E-state index contributed by atoms with van der Waals surface area (Å²) in [6.07, 6.45) is -0.142. The number of ether oxygens (including phenoxy) is 1. The Hall–Kier alpha value is -1.51. The number of rotatable bonds is 4. The van der Waals surface area contributed by atoms with Gasteiger partial charge in [0.2, 0.25) is 0 Å². The summed E-state index contributed by atoms with van der Waals surface area (Å²) in [7, 11) is 0. The molecule has 0 bridgehead atoms. The highest BCUT2D eigenvalue weighted by molar-refractivity contribution is 6.32. The van der Waals surface area contributed by atoms with Gasteiger partial charge in [0.25, 0.3) is 0 Å². The largest absolute Gasteiger partial charge is 0.484 e. The van der Waals surface area contributed by atoms with Crippen molar-refractivity contribution in [2.45, 2.75) is 26.9 Å². The van der Waals surface area contributed by atoms with E-state index < -0.39 is 0 Å². The standard InChI is InChI=1S/C17H20ClNO/c1-11-6-4-5-7-15(11)16(10-19)20-14-8-12(2)17(18)13(3)9-14/h4-9,16H,10,19H2,1-3H3. The van der Waals surface area contributed by atoms with Crippen LogP contribution in [-0.4, -0.2) is 6.54 Å². The fourth-order valence-electron chi connectivity index (χ4n) is 2.33. The highest BCUT2D eigenvalue weighted by atomic mass is 35.5. The van der Waals surface area contributed by atoms with Crippen LogP contribution in [-0.2, 0) is 0 Å². The van der Waals surface area contributed by atoms with Crippen molar-refractivity contribution in [2.75, 3.05) is 6.54 Å². The lowest BCUT2D eigenvalue weighted by atomic mass is 10.0. The van der Waals surface area contributed by atoms with Crippen molar-refractivity contribution >= 4 is 11.6 Å². The maximum Gasteiger partial charge on any atom is 0.136 e. The molecule has 2 nitrogen and oxygen atoms in total. The summed E-state index contributed by atoms with van der Waals surface area (Å²) in [5, 5.41) is 0.789. The fraction of sp³-hybridized carbons (Fsp3) is 0.294. The Morgan fingerprint density at radius 2 is 1.65 bits per heavy atom. The molecular weight excluding hydrogens is 270 g/mol. The Morgan fingerprint density at radius 1 is 1.05 bits per heavy atom. The van der Waals surface area contributed by atoms with Gasteiger partial charge in [0.15, 0.2) is 0 Å². The number of halogens is 1. The van der Waals surface area contributed by atoms with Crippen LogP contribution in [0, 0.1) is 20.8 Å². The number of hydrogen-bond donors (Lipinski definition) is 1. The first kappa shape index (κ1) is 14.9. The minimum Gasteiger partial charge on any atom is -0.484 e. The first-order valence-corrected chi connectivity index (χ1v) is 7.09. The number of nitrogens with two attached hydrogens (primary N) is 1. The van der Waals surface area contributed by atoms with E-state index >= 15 is 0 Å². The van der Waals surface area contributed by atoms with Crippen molar-refractivity contribution < 1.29 is 4.74 Å². The molecule has 0 aliphatic heterocycles. The van der Waals surface area contributed by atoms with E-state index in [1.165, 1.54) is 5.56 Å². The normalized spacial score (nSPS) is 12.2. The number of aryl methyl sites for hydroxylation is 3. The summed E-state index contributed by atoms with van der Waals surface area (Å²) in [4.78, 5) is 0. The molecule has 2 N–H and O–H groups in total. The van der Waals surface area contributed by atoms with Crippen LogP contribution in [0.25, 0.3) is 0 Å². The van der Waals surface area contributed by atoms with Gasteiger partial charge < -0.3 is 10.5 Å². The molecule has 0 spiro atoms. The summed E-state index contributed by atoms with van der Waals surface area (Å²) < 4.78 is 6.06. The van der Waals surface area contributed by atoms with E-state index in [0.717, 1.165) is 27.5 Å². The molecule has 0 saturated carbocycles. The van der Waals surface area contributed by atoms with Crippen LogP contribution in [0.5, 0.6) is 5.75 Å². The van der Waals surface area contributed by atoms with Gasteiger partial charge in [-0.25, -0.2) is 0 Å². The maximum absolute atomic E-state index is 6.18.